The van der Waals surface area contributed by atoms with Gasteiger partial charge in [-0.3, -0.25) is 0 Å². The maximum Gasteiger partial charge on any atom is 0.235 e. The van der Waals surface area contributed by atoms with Gasteiger partial charge in [0.2, 0.25) is 10.0 Å². The van der Waals surface area contributed by atoms with Crippen LogP contribution in [0, 0.1) is 0 Å². The highest BCUT2D eigenvalue weighted by atomic mass is 35.5. The summed E-state index contributed by atoms with van der Waals surface area (Å²) < 4.78 is 30.2. The molecule has 0 saturated carbocycles. The van der Waals surface area contributed by atoms with Gasteiger partial charge in [-0.25, -0.2) is 12.7 Å². The third-order valence-electron chi connectivity index (χ3n) is 1.23. The summed E-state index contributed by atoms with van der Waals surface area (Å²) in [5, 5.41) is 0.321. The SMILES string of the molecule is [2H]CN(CC(Cl)C[B])S(=O)(=O)C=C. The van der Waals surface area contributed by atoms with Crippen molar-refractivity contribution in [2.45, 2.75) is 11.7 Å². The lowest BCUT2D eigenvalue weighted by atomic mass is 10.0. The van der Waals surface area contributed by atoms with Crippen molar-refractivity contribution in [2.24, 2.45) is 0 Å². The lowest BCUT2D eigenvalue weighted by Crippen LogP contribution is -2.30. The molecule has 0 spiro atoms. The standard InChI is InChI=1S/C6H11BClNO2S/c1-3-12(10,11)9(2)5-6(8)4-7/h3,6H,1,4-5H2,2H3/i2D. The molecule has 1 atom stereocenters. The van der Waals surface area contributed by atoms with Crippen LogP contribution in [0.2, 0.25) is 6.32 Å². The van der Waals surface area contributed by atoms with Gasteiger partial charge in [0, 0.05) is 25.7 Å². The zero-order valence-corrected chi connectivity index (χ0v) is 8.18. The predicted octanol–water partition coefficient (Wildman–Crippen LogP) is 0.586. The fraction of sp³-hybridized carbons (Fsp3) is 0.667. The van der Waals surface area contributed by atoms with E-state index < -0.39 is 15.4 Å². The second-order valence-corrected chi connectivity index (χ2v) is 4.68. The van der Waals surface area contributed by atoms with Crippen LogP contribution in [0.25, 0.3) is 0 Å². The Morgan fingerprint density at radius 3 is 2.83 bits per heavy atom. The van der Waals surface area contributed by atoms with Gasteiger partial charge in [0.15, 0.2) is 0 Å². The fourth-order valence-electron chi connectivity index (χ4n) is 0.505. The third-order valence-corrected chi connectivity index (χ3v) is 2.83. The molecule has 2 radical (unpaired) electrons. The molecule has 0 saturated heterocycles. The second-order valence-electron chi connectivity index (χ2n) is 2.18. The van der Waals surface area contributed by atoms with Gasteiger partial charge in [0.05, 0.1) is 7.85 Å². The van der Waals surface area contributed by atoms with Crippen LogP contribution in [0.1, 0.15) is 1.37 Å². The average Bonchev–Trinajstić information content (AvgIpc) is 2.13. The highest BCUT2D eigenvalue weighted by Gasteiger charge is 2.15. The molecule has 3 nitrogen and oxygen atoms in total. The summed E-state index contributed by atoms with van der Waals surface area (Å²) in [5.74, 6) is 0. The van der Waals surface area contributed by atoms with Crippen molar-refractivity contribution in [3.05, 3.63) is 12.0 Å². The monoisotopic (exact) mass is 208 g/mol. The van der Waals surface area contributed by atoms with Crippen molar-refractivity contribution >= 4 is 29.5 Å². The molecule has 0 aliphatic heterocycles. The van der Waals surface area contributed by atoms with Crippen LogP contribution in [-0.4, -0.2) is 39.5 Å². The highest BCUT2D eigenvalue weighted by molar-refractivity contribution is 7.91. The molecule has 0 aliphatic rings. The molecule has 0 rings (SSSR count). The molecular formula is C6H11BClNO2S. The minimum atomic E-state index is -3.55. The Kier molecular flexibility index (Phi) is 4.11. The normalized spacial score (nSPS) is 15.7. The number of hydrogen-bond donors (Lipinski definition) is 0. The molecule has 6 heteroatoms. The zero-order valence-electron chi connectivity index (χ0n) is 7.61. The zero-order chi connectivity index (χ0) is 10.5. The van der Waals surface area contributed by atoms with Crippen LogP contribution >= 0.6 is 11.6 Å². The molecule has 0 aromatic heterocycles. The maximum absolute atomic E-state index is 11.2. The quantitative estimate of drug-likeness (QED) is 0.490. The van der Waals surface area contributed by atoms with Crippen LogP contribution in [-0.2, 0) is 10.0 Å². The van der Waals surface area contributed by atoms with Crippen molar-refractivity contribution in [3.63, 3.8) is 0 Å². The van der Waals surface area contributed by atoms with Crippen molar-refractivity contribution in [1.82, 2.24) is 4.31 Å². The number of nitrogens with zero attached hydrogens (tertiary/aromatic N) is 1. The van der Waals surface area contributed by atoms with Crippen LogP contribution in [0.5, 0.6) is 0 Å². The highest BCUT2D eigenvalue weighted by Crippen LogP contribution is 2.06. The van der Waals surface area contributed by atoms with E-state index in [4.69, 9.17) is 20.8 Å². The first-order valence-corrected chi connectivity index (χ1v) is 5.17. The minimum absolute atomic E-state index is 0.0376. The van der Waals surface area contributed by atoms with E-state index in [1.807, 2.05) is 0 Å². The van der Waals surface area contributed by atoms with E-state index in [0.717, 1.165) is 9.71 Å². The number of halogens is 1. The van der Waals surface area contributed by atoms with E-state index in [2.05, 4.69) is 6.58 Å². The van der Waals surface area contributed by atoms with E-state index in [-0.39, 0.29) is 19.9 Å². The summed E-state index contributed by atoms with van der Waals surface area (Å²) in [6, 6.07) is 0. The van der Waals surface area contributed by atoms with Crippen molar-refractivity contribution < 1.29 is 9.79 Å². The van der Waals surface area contributed by atoms with E-state index in [1.165, 1.54) is 0 Å². The van der Waals surface area contributed by atoms with Crippen LogP contribution in [0.3, 0.4) is 0 Å². The lowest BCUT2D eigenvalue weighted by Gasteiger charge is -2.16. The number of hydrogen-bond acceptors (Lipinski definition) is 2. The van der Waals surface area contributed by atoms with E-state index in [9.17, 15) is 8.42 Å². The summed E-state index contributed by atoms with van der Waals surface area (Å²) in [6.45, 7) is 3.18. The summed E-state index contributed by atoms with van der Waals surface area (Å²) >= 11 is 5.65. The second kappa shape index (κ2) is 4.89. The predicted molar refractivity (Wildman–Crippen MR) is 51.9 cm³/mol. The molecule has 1 unspecified atom stereocenters. The van der Waals surface area contributed by atoms with Gasteiger partial charge in [-0.2, -0.15) is 0 Å². The lowest BCUT2D eigenvalue weighted by molar-refractivity contribution is 0.479. The van der Waals surface area contributed by atoms with Gasteiger partial charge in [0.25, 0.3) is 0 Å². The molecule has 0 fully saturated rings. The Bertz CT molecular complexity index is 259. The molecule has 0 amide bonds. The van der Waals surface area contributed by atoms with Gasteiger partial charge < -0.3 is 0 Å². The molecule has 0 aromatic carbocycles. The minimum Gasteiger partial charge on any atom is -0.208 e. The van der Waals surface area contributed by atoms with Gasteiger partial charge in [0.1, 0.15) is 0 Å². The smallest absolute Gasteiger partial charge is 0.208 e. The fourth-order valence-corrected chi connectivity index (χ4v) is 1.35. The van der Waals surface area contributed by atoms with E-state index in [0.29, 0.717) is 0 Å². The van der Waals surface area contributed by atoms with E-state index in [1.54, 1.807) is 0 Å². The van der Waals surface area contributed by atoms with Crippen LogP contribution in [0.15, 0.2) is 12.0 Å². The van der Waals surface area contributed by atoms with Crippen molar-refractivity contribution in [3.8, 4) is 0 Å². The van der Waals surface area contributed by atoms with Gasteiger partial charge in [-0.1, -0.05) is 12.9 Å². The van der Waals surface area contributed by atoms with E-state index >= 15 is 0 Å². The Hall–Kier alpha value is 0.00494. The molecule has 68 valence electrons. The summed E-state index contributed by atoms with van der Waals surface area (Å²) in [7, 11) is 1.30. The number of alkyl halides is 1. The summed E-state index contributed by atoms with van der Waals surface area (Å²) in [4.78, 5) is 0. The molecule has 0 aliphatic carbocycles. The summed E-state index contributed by atoms with van der Waals surface area (Å²) in [5.41, 5.74) is 0. The maximum atomic E-state index is 11.2. The number of rotatable bonds is 5. The Labute approximate surface area is 81.3 Å². The Morgan fingerprint density at radius 1 is 1.92 bits per heavy atom. The first-order chi connectivity index (χ1) is 5.97. The molecule has 12 heavy (non-hydrogen) atoms. The van der Waals surface area contributed by atoms with Crippen LogP contribution < -0.4 is 0 Å². The van der Waals surface area contributed by atoms with Gasteiger partial charge in [-0.05, 0) is 0 Å². The topological polar surface area (TPSA) is 37.4 Å². The molecule has 0 heterocycles. The molecular weight excluding hydrogens is 196 g/mol. The largest absolute Gasteiger partial charge is 0.235 e. The summed E-state index contributed by atoms with van der Waals surface area (Å²) in [6.07, 6.45) is 0.171. The number of sulfonamides is 1. The first-order valence-electron chi connectivity index (χ1n) is 3.94. The molecule has 0 aromatic rings. The first kappa shape index (κ1) is 10.1. The molecule has 0 bridgehead atoms. The van der Waals surface area contributed by atoms with Crippen molar-refractivity contribution in [1.29, 1.82) is 0 Å². The van der Waals surface area contributed by atoms with Crippen molar-refractivity contribution in [2.75, 3.05) is 13.6 Å². The van der Waals surface area contributed by atoms with Gasteiger partial charge in [-0.15, -0.1) is 11.6 Å². The third kappa shape index (κ3) is 3.60. The average molecular weight is 208 g/mol. The Balaban J connectivity index is 4.44. The van der Waals surface area contributed by atoms with Crippen LogP contribution in [0.4, 0.5) is 0 Å². The van der Waals surface area contributed by atoms with Gasteiger partial charge >= 0.3 is 0 Å². The Morgan fingerprint density at radius 2 is 2.50 bits per heavy atom. The molecule has 0 N–H and O–H groups in total.